The standard InChI is InChI=1S/C20H22F3N7O3S/c1-4-30-18(33)13(34-19(30)12(8-24)17(32)26-11-20(21,22)23)9-25-14-6-5-7-15(27-14)28-16(31)10-29(2)3/h5-7,9H,4,10-11H2,1-3H3,(H,26,32)(H2,25,27,28,31). The van der Waals surface area contributed by atoms with Crippen LogP contribution in [0.1, 0.15) is 6.92 Å². The minimum Gasteiger partial charge on any atom is -0.345 e. The van der Waals surface area contributed by atoms with Gasteiger partial charge in [-0.2, -0.15) is 18.4 Å². The first-order valence-electron chi connectivity index (χ1n) is 9.82. The maximum absolute atomic E-state index is 12.7. The van der Waals surface area contributed by atoms with E-state index >= 15 is 0 Å². The molecule has 2 amide bonds. The van der Waals surface area contributed by atoms with Gasteiger partial charge in [0.05, 0.1) is 6.54 Å². The van der Waals surface area contributed by atoms with Crippen molar-refractivity contribution in [3.05, 3.63) is 37.7 Å². The van der Waals surface area contributed by atoms with E-state index in [1.165, 1.54) is 6.20 Å². The van der Waals surface area contributed by atoms with E-state index in [0.717, 1.165) is 15.9 Å². The highest BCUT2D eigenvalue weighted by Crippen LogP contribution is 2.12. The maximum atomic E-state index is 12.7. The van der Waals surface area contributed by atoms with Crippen molar-refractivity contribution in [2.75, 3.05) is 37.8 Å². The smallest absolute Gasteiger partial charge is 0.345 e. The monoisotopic (exact) mass is 497 g/mol. The van der Waals surface area contributed by atoms with E-state index in [-0.39, 0.29) is 34.0 Å². The van der Waals surface area contributed by atoms with Gasteiger partial charge in [-0.15, -0.1) is 11.3 Å². The summed E-state index contributed by atoms with van der Waals surface area (Å²) in [5.41, 5.74) is -1.14. The summed E-state index contributed by atoms with van der Waals surface area (Å²) >= 11 is 0.774. The Morgan fingerprint density at radius 1 is 1.29 bits per heavy atom. The number of hydrogen-bond donors (Lipinski definition) is 3. The summed E-state index contributed by atoms with van der Waals surface area (Å²) in [6.45, 7) is 0.238. The number of pyridine rings is 1. The molecule has 14 heteroatoms. The Bertz CT molecular complexity index is 1280. The Morgan fingerprint density at radius 2 is 1.97 bits per heavy atom. The first-order valence-corrected chi connectivity index (χ1v) is 10.6. The molecule has 0 unspecified atom stereocenters. The highest BCUT2D eigenvalue weighted by molar-refractivity contribution is 7.07. The van der Waals surface area contributed by atoms with Gasteiger partial charge in [-0.1, -0.05) is 6.07 Å². The van der Waals surface area contributed by atoms with Crippen LogP contribution in [-0.4, -0.2) is 59.6 Å². The molecule has 10 nitrogen and oxygen atoms in total. The molecular weight excluding hydrogens is 475 g/mol. The number of nitriles is 1. The molecule has 34 heavy (non-hydrogen) atoms. The number of halogens is 3. The van der Waals surface area contributed by atoms with Crippen molar-refractivity contribution >= 4 is 46.6 Å². The maximum Gasteiger partial charge on any atom is 0.405 e. The molecule has 0 saturated heterocycles. The molecule has 2 aromatic heterocycles. The van der Waals surface area contributed by atoms with Crippen LogP contribution in [0.4, 0.5) is 24.8 Å². The van der Waals surface area contributed by atoms with Crippen LogP contribution in [0.25, 0.3) is 11.8 Å². The van der Waals surface area contributed by atoms with E-state index in [0.29, 0.717) is 5.82 Å². The van der Waals surface area contributed by atoms with Crippen molar-refractivity contribution in [3.8, 4) is 6.07 Å². The molecule has 0 radical (unpaired) electrons. The van der Waals surface area contributed by atoms with Crippen molar-refractivity contribution < 1.29 is 22.8 Å². The van der Waals surface area contributed by atoms with Crippen LogP contribution in [0.3, 0.4) is 0 Å². The molecule has 3 N–H and O–H groups in total. The van der Waals surface area contributed by atoms with E-state index < -0.39 is 29.8 Å². The topological polar surface area (TPSA) is 132 Å². The minimum atomic E-state index is -4.65. The number of rotatable bonds is 8. The molecule has 2 heterocycles. The lowest BCUT2D eigenvalue weighted by Gasteiger charge is -2.10. The Morgan fingerprint density at radius 3 is 2.56 bits per heavy atom. The summed E-state index contributed by atoms with van der Waals surface area (Å²) in [5, 5.41) is 16.4. The largest absolute Gasteiger partial charge is 0.405 e. The Kier molecular flexibility index (Phi) is 8.93. The zero-order chi connectivity index (χ0) is 25.5. The highest BCUT2D eigenvalue weighted by atomic mass is 32.1. The molecule has 0 aliphatic heterocycles. The number of likely N-dealkylation sites (N-methyl/N-ethyl adjacent to an activating group) is 1. The first kappa shape index (κ1) is 26.6. The van der Waals surface area contributed by atoms with Crippen molar-refractivity contribution in [1.29, 1.82) is 5.26 Å². The Balaban J connectivity index is 2.37. The van der Waals surface area contributed by atoms with Crippen molar-refractivity contribution in [2.24, 2.45) is 0 Å². The summed E-state index contributed by atoms with van der Waals surface area (Å²) < 4.78 is 38.4. The number of amides is 2. The van der Waals surface area contributed by atoms with Crippen LogP contribution >= 0.6 is 11.3 Å². The number of carbonyl (C=O) groups is 2. The molecular formula is C20H22F3N7O3S. The number of nitrogens with zero attached hydrogens (tertiary/aromatic N) is 4. The van der Waals surface area contributed by atoms with Gasteiger partial charge in [0.2, 0.25) is 5.91 Å². The van der Waals surface area contributed by atoms with Crippen molar-refractivity contribution in [1.82, 2.24) is 19.8 Å². The van der Waals surface area contributed by atoms with Crippen molar-refractivity contribution in [3.63, 3.8) is 0 Å². The van der Waals surface area contributed by atoms with E-state index in [4.69, 9.17) is 0 Å². The van der Waals surface area contributed by atoms with Crippen LogP contribution in [0, 0.1) is 11.3 Å². The molecule has 0 aliphatic rings. The van der Waals surface area contributed by atoms with Gasteiger partial charge in [-0.25, -0.2) is 4.98 Å². The fraction of sp³-hybridized carbons (Fsp3) is 0.350. The average Bonchev–Trinajstić information content (AvgIpc) is 3.05. The summed E-state index contributed by atoms with van der Waals surface area (Å²) in [7, 11) is 3.49. The molecule has 0 spiro atoms. The Labute approximate surface area is 196 Å². The van der Waals surface area contributed by atoms with Crippen LogP contribution in [-0.2, 0) is 16.1 Å². The van der Waals surface area contributed by atoms with Gasteiger partial charge in [-0.3, -0.25) is 19.0 Å². The molecule has 0 bridgehead atoms. The summed E-state index contributed by atoms with van der Waals surface area (Å²) in [4.78, 5) is 42.6. The van der Waals surface area contributed by atoms with Gasteiger partial charge >= 0.3 is 6.18 Å². The lowest BCUT2D eigenvalue weighted by Crippen LogP contribution is -2.37. The second-order valence-corrected chi connectivity index (χ2v) is 8.12. The summed E-state index contributed by atoms with van der Waals surface area (Å²) in [5.74, 6) is -0.918. The first-order chi connectivity index (χ1) is 15.9. The van der Waals surface area contributed by atoms with E-state index in [1.54, 1.807) is 55.5 Å². The summed E-state index contributed by atoms with van der Waals surface area (Å²) in [6.07, 6.45) is -3.34. The normalized spacial score (nSPS) is 12.8. The van der Waals surface area contributed by atoms with Crippen LogP contribution < -0.4 is 30.7 Å². The lowest BCUT2D eigenvalue weighted by atomic mass is 10.3. The quantitative estimate of drug-likeness (QED) is 0.469. The number of alkyl halides is 3. The minimum absolute atomic E-state index is 0.0691. The molecule has 182 valence electrons. The second-order valence-electron chi connectivity index (χ2n) is 7.09. The molecule has 0 atom stereocenters. The van der Waals surface area contributed by atoms with Crippen molar-refractivity contribution in [2.45, 2.75) is 19.6 Å². The molecule has 2 rings (SSSR count). The van der Waals surface area contributed by atoms with Gasteiger partial charge in [0, 0.05) is 12.7 Å². The Hall–Kier alpha value is -3.70. The molecule has 0 aromatic carbocycles. The number of hydrogen-bond acceptors (Lipinski definition) is 8. The lowest BCUT2D eigenvalue weighted by molar-refractivity contribution is -0.135. The number of carbonyl (C=O) groups excluding carboxylic acids is 2. The van der Waals surface area contributed by atoms with Gasteiger partial charge < -0.3 is 20.9 Å². The third-order valence-electron chi connectivity index (χ3n) is 4.05. The molecule has 0 aliphatic carbocycles. The van der Waals surface area contributed by atoms with E-state index in [1.807, 2.05) is 0 Å². The van der Waals surface area contributed by atoms with Gasteiger partial charge in [0.1, 0.15) is 33.4 Å². The second kappa shape index (κ2) is 11.4. The third-order valence-corrected chi connectivity index (χ3v) is 5.18. The van der Waals surface area contributed by atoms with Crippen LogP contribution in [0.5, 0.6) is 0 Å². The van der Waals surface area contributed by atoms with Gasteiger partial charge in [-0.05, 0) is 33.2 Å². The van der Waals surface area contributed by atoms with Gasteiger partial charge in [0.15, 0.2) is 5.57 Å². The van der Waals surface area contributed by atoms with Gasteiger partial charge in [0.25, 0.3) is 11.5 Å². The number of nitrogens with one attached hydrogen (secondary N) is 3. The number of thiazole rings is 1. The zero-order valence-electron chi connectivity index (χ0n) is 18.5. The predicted molar refractivity (Wildman–Crippen MR) is 121 cm³/mol. The fourth-order valence-electron chi connectivity index (χ4n) is 2.65. The summed E-state index contributed by atoms with van der Waals surface area (Å²) in [6, 6.07) is 6.38. The van der Waals surface area contributed by atoms with Crippen LogP contribution in [0.2, 0.25) is 0 Å². The van der Waals surface area contributed by atoms with E-state index in [2.05, 4.69) is 15.6 Å². The average molecular weight is 498 g/mol. The number of anilines is 2. The zero-order valence-corrected chi connectivity index (χ0v) is 19.3. The fourth-order valence-corrected chi connectivity index (χ4v) is 3.74. The molecule has 0 fully saturated rings. The number of aromatic nitrogens is 2. The molecule has 2 aromatic rings. The van der Waals surface area contributed by atoms with E-state index in [9.17, 15) is 32.8 Å². The van der Waals surface area contributed by atoms with Crippen LogP contribution in [0.15, 0.2) is 23.0 Å². The predicted octanol–water partition coefficient (Wildman–Crippen LogP) is 0.0277. The highest BCUT2D eigenvalue weighted by Gasteiger charge is 2.28. The SMILES string of the molecule is CCn1c(=C(C#N)C(=O)NCC(F)(F)F)sc(=CNc2cccc(NC(=O)CN(C)C)n2)c1=O. The third kappa shape index (κ3) is 7.42. The molecule has 0 saturated carbocycles.